The number of allylic oxidation sites excluding steroid dienone is 4. The molecule has 0 heterocycles. The molecule has 0 rings (SSSR count). The van der Waals surface area contributed by atoms with Gasteiger partial charge >= 0.3 is 13.8 Å². The van der Waals surface area contributed by atoms with Crippen molar-refractivity contribution in [3.63, 3.8) is 0 Å². The summed E-state index contributed by atoms with van der Waals surface area (Å²) < 4.78 is 33.4. The van der Waals surface area contributed by atoms with Gasteiger partial charge < -0.3 is 20.1 Å². The normalized spacial score (nSPS) is 13.7. The van der Waals surface area contributed by atoms with Crippen LogP contribution in [-0.4, -0.2) is 49.9 Å². The van der Waals surface area contributed by atoms with Gasteiger partial charge in [0.25, 0.3) is 0 Å². The van der Waals surface area contributed by atoms with E-state index in [2.05, 4.69) is 38.2 Å². The highest BCUT2D eigenvalue weighted by Gasteiger charge is 2.25. The fourth-order valence-electron chi connectivity index (χ4n) is 6.13. The van der Waals surface area contributed by atoms with Crippen molar-refractivity contribution >= 4 is 13.8 Å². The van der Waals surface area contributed by atoms with E-state index >= 15 is 0 Å². The Kier molecular flexibility index (Phi) is 40.3. The molecule has 0 aliphatic heterocycles. The minimum atomic E-state index is -4.28. The number of unbranched alkanes of at least 4 members (excludes halogenated alkanes) is 25. The second kappa shape index (κ2) is 41.1. The Morgan fingerprint density at radius 3 is 1.56 bits per heavy atom. The van der Waals surface area contributed by atoms with Crippen LogP contribution in [0.25, 0.3) is 0 Å². The molecule has 2 atom stereocenters. The Morgan fingerprint density at radius 1 is 0.577 bits per heavy atom. The van der Waals surface area contributed by atoms with E-state index in [4.69, 9.17) is 24.3 Å². The van der Waals surface area contributed by atoms with Crippen molar-refractivity contribution < 1.29 is 32.8 Å². The van der Waals surface area contributed by atoms with Crippen molar-refractivity contribution in [3.05, 3.63) is 24.3 Å². The zero-order valence-corrected chi connectivity index (χ0v) is 35.0. The summed E-state index contributed by atoms with van der Waals surface area (Å²) in [7, 11) is -4.28. The van der Waals surface area contributed by atoms with Gasteiger partial charge in [0.2, 0.25) is 0 Å². The highest BCUT2D eigenvalue weighted by Crippen LogP contribution is 2.43. The van der Waals surface area contributed by atoms with Crippen molar-refractivity contribution in [3.8, 4) is 0 Å². The molecule has 0 saturated carbocycles. The number of hydrogen-bond acceptors (Lipinski definition) is 7. The van der Waals surface area contributed by atoms with Crippen LogP contribution in [-0.2, 0) is 27.9 Å². The van der Waals surface area contributed by atoms with Gasteiger partial charge in [0, 0.05) is 19.6 Å². The lowest BCUT2D eigenvalue weighted by Crippen LogP contribution is -2.28. The van der Waals surface area contributed by atoms with Gasteiger partial charge in [-0.3, -0.25) is 13.8 Å². The van der Waals surface area contributed by atoms with Gasteiger partial charge in [-0.05, 0) is 38.5 Å². The minimum absolute atomic E-state index is 0.0963. The van der Waals surface area contributed by atoms with E-state index in [-0.39, 0.29) is 32.3 Å². The summed E-state index contributed by atoms with van der Waals surface area (Å²) >= 11 is 0. The molecule has 0 spiro atoms. The molecule has 0 saturated heterocycles. The highest BCUT2D eigenvalue weighted by atomic mass is 31.2. The van der Waals surface area contributed by atoms with Gasteiger partial charge in [0.1, 0.15) is 6.10 Å². The zero-order valence-electron chi connectivity index (χ0n) is 34.1. The number of carbonyl (C=O) groups excluding carboxylic acids is 1. The van der Waals surface area contributed by atoms with Crippen molar-refractivity contribution in [2.24, 2.45) is 5.73 Å². The summed E-state index contributed by atoms with van der Waals surface area (Å²) in [6.45, 7) is 4.90. The summed E-state index contributed by atoms with van der Waals surface area (Å²) in [6, 6.07) is 0. The third-order valence-electron chi connectivity index (χ3n) is 9.37. The van der Waals surface area contributed by atoms with Crippen molar-refractivity contribution in [2.45, 2.75) is 213 Å². The van der Waals surface area contributed by atoms with E-state index in [0.717, 1.165) is 57.8 Å². The fraction of sp³-hybridized carbons (Fsp3) is 0.884. The van der Waals surface area contributed by atoms with Crippen LogP contribution in [0.4, 0.5) is 0 Å². The lowest BCUT2D eigenvalue weighted by Gasteiger charge is -2.20. The lowest BCUT2D eigenvalue weighted by atomic mass is 10.0. The van der Waals surface area contributed by atoms with E-state index in [9.17, 15) is 14.3 Å². The van der Waals surface area contributed by atoms with Crippen molar-refractivity contribution in [2.75, 3.05) is 33.0 Å². The maximum atomic E-state index is 12.6. The summed E-state index contributed by atoms with van der Waals surface area (Å²) in [4.78, 5) is 22.4. The van der Waals surface area contributed by atoms with Gasteiger partial charge in [-0.15, -0.1) is 0 Å². The molecule has 0 aliphatic rings. The topological polar surface area (TPSA) is 117 Å². The fourth-order valence-corrected chi connectivity index (χ4v) is 6.90. The van der Waals surface area contributed by atoms with Gasteiger partial charge in [-0.1, -0.05) is 186 Å². The average molecular weight is 758 g/mol. The Morgan fingerprint density at radius 2 is 1.04 bits per heavy atom. The second-order valence-corrected chi connectivity index (χ2v) is 16.0. The molecule has 0 radical (unpaired) electrons. The second-order valence-electron chi connectivity index (χ2n) is 14.6. The number of esters is 1. The van der Waals surface area contributed by atoms with Crippen LogP contribution in [0.15, 0.2) is 24.3 Å². The molecule has 308 valence electrons. The van der Waals surface area contributed by atoms with E-state index in [1.165, 1.54) is 128 Å². The van der Waals surface area contributed by atoms with Gasteiger partial charge in [0.15, 0.2) is 0 Å². The van der Waals surface area contributed by atoms with Gasteiger partial charge in [-0.2, -0.15) is 0 Å². The molecule has 0 aromatic carbocycles. The third-order valence-corrected chi connectivity index (χ3v) is 10.4. The van der Waals surface area contributed by atoms with Crippen molar-refractivity contribution in [1.82, 2.24) is 0 Å². The van der Waals surface area contributed by atoms with E-state index in [0.29, 0.717) is 13.0 Å². The first kappa shape index (κ1) is 51.0. The Hall–Kier alpha value is -1.02. The molecule has 0 fully saturated rings. The third kappa shape index (κ3) is 40.2. The standard InChI is InChI=1S/C43H84NO7P/c1-3-5-7-9-11-13-15-17-19-20-21-22-23-25-27-29-31-33-35-38-48-40-42(41-50-52(46,47)49-39-37-44)51-43(45)36-34-32-30-28-26-24-18-16-14-12-10-8-6-4-2/h10,12,16,18,42H,3-9,11,13-15,17,19-41,44H2,1-2H3,(H,46,47)/b12-10-,18-16-. The summed E-state index contributed by atoms with van der Waals surface area (Å²) in [5.74, 6) is -0.341. The number of ether oxygens (including phenoxy) is 2. The number of hydrogen-bond donors (Lipinski definition) is 2. The van der Waals surface area contributed by atoms with Gasteiger partial charge in [0.05, 0.1) is 19.8 Å². The quantitative estimate of drug-likeness (QED) is 0.0273. The molecular formula is C43H84NO7P. The first-order valence-corrected chi connectivity index (χ1v) is 23.3. The van der Waals surface area contributed by atoms with Crippen molar-refractivity contribution in [1.29, 1.82) is 0 Å². The first-order chi connectivity index (χ1) is 25.4. The molecule has 0 amide bonds. The molecule has 0 aromatic rings. The van der Waals surface area contributed by atoms with E-state index < -0.39 is 13.9 Å². The van der Waals surface area contributed by atoms with Crippen LogP contribution in [0, 0.1) is 0 Å². The number of carbonyl (C=O) groups is 1. The highest BCUT2D eigenvalue weighted by molar-refractivity contribution is 7.47. The molecule has 0 aromatic heterocycles. The minimum Gasteiger partial charge on any atom is -0.457 e. The molecule has 2 unspecified atom stereocenters. The number of nitrogens with two attached hydrogens (primary N) is 1. The monoisotopic (exact) mass is 758 g/mol. The Balaban J connectivity index is 3.99. The van der Waals surface area contributed by atoms with Gasteiger partial charge in [-0.25, -0.2) is 4.57 Å². The Bertz CT molecular complexity index is 853. The average Bonchev–Trinajstić information content (AvgIpc) is 3.13. The number of phosphoric acid groups is 1. The van der Waals surface area contributed by atoms with Crippen LogP contribution in [0.2, 0.25) is 0 Å². The molecular weight excluding hydrogens is 673 g/mol. The van der Waals surface area contributed by atoms with Crippen LogP contribution in [0.5, 0.6) is 0 Å². The van der Waals surface area contributed by atoms with E-state index in [1.807, 2.05) is 0 Å². The van der Waals surface area contributed by atoms with Crippen LogP contribution < -0.4 is 5.73 Å². The Labute approximate surface area is 321 Å². The molecule has 9 heteroatoms. The summed E-state index contributed by atoms with van der Waals surface area (Å²) in [6.07, 6.45) is 44.8. The van der Waals surface area contributed by atoms with E-state index in [1.54, 1.807) is 0 Å². The maximum absolute atomic E-state index is 12.6. The van der Waals surface area contributed by atoms with Crippen LogP contribution >= 0.6 is 7.82 Å². The molecule has 0 bridgehead atoms. The number of phosphoric ester groups is 1. The summed E-state index contributed by atoms with van der Waals surface area (Å²) in [5.41, 5.74) is 5.37. The SMILES string of the molecule is CCCC/C=C\C/C=C\CCCCCCCC(=O)OC(COCCCCCCCCCCCCCCCCCCCCC)COP(=O)(O)OCCN. The molecule has 0 aliphatic carbocycles. The molecule has 52 heavy (non-hydrogen) atoms. The largest absolute Gasteiger partial charge is 0.472 e. The first-order valence-electron chi connectivity index (χ1n) is 21.8. The van der Waals surface area contributed by atoms with Crippen LogP contribution in [0.3, 0.4) is 0 Å². The predicted octanol–water partition coefficient (Wildman–Crippen LogP) is 12.9. The smallest absolute Gasteiger partial charge is 0.457 e. The maximum Gasteiger partial charge on any atom is 0.472 e. The zero-order chi connectivity index (χ0) is 38.1. The molecule has 3 N–H and O–H groups in total. The van der Waals surface area contributed by atoms with Crippen LogP contribution in [0.1, 0.15) is 206 Å². The summed E-state index contributed by atoms with van der Waals surface area (Å²) in [5, 5.41) is 0. The number of rotatable bonds is 42. The molecule has 8 nitrogen and oxygen atoms in total. The lowest BCUT2D eigenvalue weighted by molar-refractivity contribution is -0.154. The predicted molar refractivity (Wildman–Crippen MR) is 220 cm³/mol.